The van der Waals surface area contributed by atoms with E-state index in [-0.39, 0.29) is 5.91 Å². The molecule has 0 aliphatic carbocycles. The first-order valence-corrected chi connectivity index (χ1v) is 6.81. The van der Waals surface area contributed by atoms with Gasteiger partial charge in [-0.3, -0.25) is 4.79 Å². The number of hydrogen-bond donors (Lipinski definition) is 1. The maximum atomic E-state index is 12.3. The highest BCUT2D eigenvalue weighted by molar-refractivity contribution is 9.10. The molecule has 2 aromatic carbocycles. The molecule has 0 bridgehead atoms. The van der Waals surface area contributed by atoms with Gasteiger partial charge in [0.15, 0.2) is 5.75 Å². The van der Waals surface area contributed by atoms with Crippen LogP contribution in [0.3, 0.4) is 0 Å². The third-order valence-electron chi connectivity index (χ3n) is 3.32. The van der Waals surface area contributed by atoms with Crippen LogP contribution in [0.15, 0.2) is 57.2 Å². The maximum absolute atomic E-state index is 12.3. The predicted molar refractivity (Wildman–Crippen MR) is 76.0 cm³/mol. The van der Waals surface area contributed by atoms with Crippen LogP contribution in [0.4, 0.5) is 11.4 Å². The van der Waals surface area contributed by atoms with E-state index in [1.807, 2.05) is 30.3 Å². The van der Waals surface area contributed by atoms with Gasteiger partial charge >= 0.3 is 5.72 Å². The number of hydrogen-bond acceptors (Lipinski definition) is 4. The van der Waals surface area contributed by atoms with Crippen molar-refractivity contribution >= 4 is 33.2 Å². The lowest BCUT2D eigenvalue weighted by molar-refractivity contribution is -0.131. The van der Waals surface area contributed by atoms with Gasteiger partial charge < -0.3 is 10.1 Å². The summed E-state index contributed by atoms with van der Waals surface area (Å²) >= 11 is 3.40. The first-order valence-electron chi connectivity index (χ1n) is 6.01. The molecule has 1 N–H and O–H groups in total. The number of amides is 1. The van der Waals surface area contributed by atoms with Crippen LogP contribution >= 0.6 is 15.9 Å². The van der Waals surface area contributed by atoms with Gasteiger partial charge in [0.1, 0.15) is 5.69 Å². The number of carbonyl (C=O) groups excluding carboxylic acids is 1. The highest BCUT2D eigenvalue weighted by atomic mass is 79.9. The largest absolute Gasteiger partial charge is 0.449 e. The lowest BCUT2D eigenvalue weighted by Gasteiger charge is -2.26. The number of anilines is 1. The maximum Gasteiger partial charge on any atom is 0.326 e. The average Bonchev–Trinajstić information content (AvgIpc) is 2.72. The van der Waals surface area contributed by atoms with Gasteiger partial charge in [0, 0.05) is 4.47 Å². The molecule has 2 aliphatic heterocycles. The van der Waals surface area contributed by atoms with Crippen molar-refractivity contribution in [3.63, 3.8) is 0 Å². The first kappa shape index (κ1) is 11.6. The summed E-state index contributed by atoms with van der Waals surface area (Å²) in [6.45, 7) is 0. The Balaban J connectivity index is 1.92. The fourth-order valence-electron chi connectivity index (χ4n) is 2.37. The minimum atomic E-state index is -1.42. The van der Waals surface area contributed by atoms with Gasteiger partial charge in [-0.2, -0.15) is 0 Å². The van der Waals surface area contributed by atoms with Crippen molar-refractivity contribution in [1.29, 1.82) is 0 Å². The summed E-state index contributed by atoms with van der Waals surface area (Å²) in [6, 6.07) is 12.7. The van der Waals surface area contributed by atoms with Gasteiger partial charge in [-0.1, -0.05) is 28.1 Å². The van der Waals surface area contributed by atoms with E-state index in [2.05, 4.69) is 31.5 Å². The fraction of sp³-hybridized carbons (Fsp3) is 0.0714. The van der Waals surface area contributed by atoms with Gasteiger partial charge in [-0.05, 0) is 30.3 Å². The summed E-state index contributed by atoms with van der Waals surface area (Å²) in [7, 11) is 0. The molecule has 0 aromatic heterocycles. The van der Waals surface area contributed by atoms with E-state index < -0.39 is 5.72 Å². The number of nitrogens with zero attached hydrogens (tertiary/aromatic N) is 2. The minimum absolute atomic E-state index is 0.330. The molecular weight excluding hydrogens is 322 g/mol. The Labute approximate surface area is 122 Å². The van der Waals surface area contributed by atoms with E-state index in [1.54, 1.807) is 12.1 Å². The van der Waals surface area contributed by atoms with Crippen LogP contribution in [0.2, 0.25) is 0 Å². The standard InChI is InChI=1S/C14H8BrN3O2/c15-8-5-6-10-9(7-8)14(13(19)16-10)18-17-11-3-1-2-4-12(11)20-14/h1-7H,(H,16,19). The number of halogens is 1. The topological polar surface area (TPSA) is 63.0 Å². The van der Waals surface area contributed by atoms with Crippen molar-refractivity contribution in [2.45, 2.75) is 5.72 Å². The number of nitrogens with one attached hydrogen (secondary N) is 1. The van der Waals surface area contributed by atoms with Crippen LogP contribution in [0.1, 0.15) is 5.56 Å². The molecule has 20 heavy (non-hydrogen) atoms. The molecule has 4 rings (SSSR count). The summed E-state index contributed by atoms with van der Waals surface area (Å²) in [5.74, 6) is 0.217. The second kappa shape index (κ2) is 3.89. The fourth-order valence-corrected chi connectivity index (χ4v) is 2.73. The Kier molecular flexibility index (Phi) is 2.26. The highest BCUT2D eigenvalue weighted by Gasteiger charge is 2.52. The Morgan fingerprint density at radius 1 is 1.20 bits per heavy atom. The monoisotopic (exact) mass is 329 g/mol. The van der Waals surface area contributed by atoms with Crippen molar-refractivity contribution in [3.8, 4) is 5.75 Å². The SMILES string of the molecule is O=C1Nc2ccc(Br)cc2C12N=Nc1ccccc1O2. The summed E-state index contributed by atoms with van der Waals surface area (Å²) in [4.78, 5) is 12.3. The number of ether oxygens (including phenoxy) is 1. The van der Waals surface area contributed by atoms with E-state index in [9.17, 15) is 4.79 Å². The molecule has 0 saturated heterocycles. The molecule has 0 saturated carbocycles. The molecule has 1 unspecified atom stereocenters. The summed E-state index contributed by atoms with van der Waals surface area (Å²) < 4.78 is 6.73. The van der Waals surface area contributed by atoms with E-state index in [0.717, 1.165) is 4.47 Å². The van der Waals surface area contributed by atoms with E-state index >= 15 is 0 Å². The van der Waals surface area contributed by atoms with Crippen molar-refractivity contribution in [2.75, 3.05) is 5.32 Å². The molecule has 1 spiro atoms. The van der Waals surface area contributed by atoms with Gasteiger partial charge in [0.25, 0.3) is 5.91 Å². The third kappa shape index (κ3) is 1.45. The molecule has 0 radical (unpaired) electrons. The van der Waals surface area contributed by atoms with Crippen molar-refractivity contribution < 1.29 is 9.53 Å². The summed E-state index contributed by atoms with van der Waals surface area (Å²) in [6.07, 6.45) is 0. The van der Waals surface area contributed by atoms with Crippen molar-refractivity contribution in [3.05, 3.63) is 52.5 Å². The zero-order valence-electron chi connectivity index (χ0n) is 10.1. The lowest BCUT2D eigenvalue weighted by Crippen LogP contribution is -2.39. The van der Waals surface area contributed by atoms with Crippen LogP contribution in [0.5, 0.6) is 5.75 Å². The molecular formula is C14H8BrN3O2. The normalized spacial score (nSPS) is 22.1. The van der Waals surface area contributed by atoms with E-state index in [1.165, 1.54) is 0 Å². The summed E-state index contributed by atoms with van der Waals surface area (Å²) in [5, 5.41) is 11.0. The third-order valence-corrected chi connectivity index (χ3v) is 3.82. The van der Waals surface area contributed by atoms with E-state index in [0.29, 0.717) is 22.7 Å². The van der Waals surface area contributed by atoms with Crippen molar-refractivity contribution in [1.82, 2.24) is 0 Å². The number of carbonyl (C=O) groups is 1. The van der Waals surface area contributed by atoms with Crippen LogP contribution in [0, 0.1) is 0 Å². The smallest absolute Gasteiger partial charge is 0.326 e. The molecule has 1 amide bonds. The second-order valence-electron chi connectivity index (χ2n) is 4.56. The highest BCUT2D eigenvalue weighted by Crippen LogP contribution is 2.47. The molecule has 2 aliphatic rings. The lowest BCUT2D eigenvalue weighted by atomic mass is 10.0. The van der Waals surface area contributed by atoms with Crippen LogP contribution in [-0.2, 0) is 10.5 Å². The Morgan fingerprint density at radius 3 is 2.95 bits per heavy atom. The quantitative estimate of drug-likeness (QED) is 0.800. The molecule has 98 valence electrons. The second-order valence-corrected chi connectivity index (χ2v) is 5.47. The number of azo groups is 1. The Hall–Kier alpha value is -2.21. The number of rotatable bonds is 0. The molecule has 0 fully saturated rings. The molecule has 2 heterocycles. The molecule has 5 nitrogen and oxygen atoms in total. The van der Waals surface area contributed by atoms with Crippen LogP contribution in [0.25, 0.3) is 0 Å². The first-order chi connectivity index (χ1) is 9.69. The van der Waals surface area contributed by atoms with Crippen molar-refractivity contribution in [2.24, 2.45) is 10.2 Å². The number of benzene rings is 2. The molecule has 1 atom stereocenters. The van der Waals surface area contributed by atoms with Crippen LogP contribution < -0.4 is 10.1 Å². The predicted octanol–water partition coefficient (Wildman–Crippen LogP) is 3.73. The number of para-hydroxylation sites is 1. The van der Waals surface area contributed by atoms with E-state index in [4.69, 9.17) is 4.74 Å². The minimum Gasteiger partial charge on any atom is -0.449 e. The number of fused-ring (bicyclic) bond motifs is 3. The zero-order valence-corrected chi connectivity index (χ0v) is 11.7. The van der Waals surface area contributed by atoms with Gasteiger partial charge in [-0.15, -0.1) is 10.2 Å². The average molecular weight is 330 g/mol. The zero-order chi connectivity index (χ0) is 13.7. The molecule has 2 aromatic rings. The van der Waals surface area contributed by atoms with Gasteiger partial charge in [-0.25, -0.2) is 0 Å². The van der Waals surface area contributed by atoms with Gasteiger partial charge in [0.2, 0.25) is 0 Å². The molecule has 6 heteroatoms. The van der Waals surface area contributed by atoms with Crippen LogP contribution in [-0.4, -0.2) is 5.91 Å². The Morgan fingerprint density at radius 2 is 2.05 bits per heavy atom. The summed E-state index contributed by atoms with van der Waals surface area (Å²) in [5.41, 5.74) is 0.550. The van der Waals surface area contributed by atoms with Gasteiger partial charge in [0.05, 0.1) is 11.3 Å². The Bertz CT molecular complexity index is 775.